The maximum absolute atomic E-state index is 12.6. The predicted molar refractivity (Wildman–Crippen MR) is 87.8 cm³/mol. The molecule has 1 aromatic carbocycles. The Morgan fingerprint density at radius 1 is 1.19 bits per heavy atom. The fraction of sp³-hybridized carbons (Fsp3) is 0.625. The van der Waals surface area contributed by atoms with Crippen LogP contribution >= 0.6 is 0 Å². The molecule has 0 aromatic heterocycles. The van der Waals surface area contributed by atoms with Gasteiger partial charge in [0.25, 0.3) is 0 Å². The Hall–Kier alpha value is -0.910. The van der Waals surface area contributed by atoms with Crippen LogP contribution in [0.4, 0.5) is 0 Å². The van der Waals surface area contributed by atoms with Crippen molar-refractivity contribution in [3.8, 4) is 0 Å². The van der Waals surface area contributed by atoms with E-state index in [0.717, 1.165) is 11.1 Å². The molecule has 21 heavy (non-hydrogen) atoms. The Kier molecular flexibility index (Phi) is 6.38. The van der Waals surface area contributed by atoms with Gasteiger partial charge in [-0.3, -0.25) is 0 Å². The van der Waals surface area contributed by atoms with Crippen LogP contribution in [-0.2, 0) is 16.6 Å². The number of aryl methyl sites for hydroxylation is 1. The first-order valence-electron chi connectivity index (χ1n) is 7.43. The van der Waals surface area contributed by atoms with Gasteiger partial charge < -0.3 is 5.32 Å². The van der Waals surface area contributed by atoms with E-state index in [1.165, 1.54) is 4.31 Å². The number of benzene rings is 1. The minimum absolute atomic E-state index is 0.303. The topological polar surface area (TPSA) is 49.4 Å². The first-order chi connectivity index (χ1) is 9.64. The van der Waals surface area contributed by atoms with Crippen LogP contribution in [0.3, 0.4) is 0 Å². The van der Waals surface area contributed by atoms with E-state index in [9.17, 15) is 8.42 Å². The average Bonchev–Trinajstić information content (AvgIpc) is 2.36. The van der Waals surface area contributed by atoms with E-state index in [-0.39, 0.29) is 0 Å². The summed E-state index contributed by atoms with van der Waals surface area (Å²) in [5.41, 5.74) is 2.14. The molecule has 0 saturated heterocycles. The zero-order valence-corrected chi connectivity index (χ0v) is 14.8. The molecule has 0 amide bonds. The van der Waals surface area contributed by atoms with Crippen LogP contribution in [0.1, 0.15) is 38.8 Å². The van der Waals surface area contributed by atoms with Gasteiger partial charge in [-0.2, -0.15) is 0 Å². The zero-order valence-electron chi connectivity index (χ0n) is 14.0. The Morgan fingerprint density at radius 3 is 2.33 bits per heavy atom. The van der Waals surface area contributed by atoms with Crippen molar-refractivity contribution < 1.29 is 8.42 Å². The number of nitrogens with one attached hydrogen (secondary N) is 1. The lowest BCUT2D eigenvalue weighted by atomic mass is 10.1. The summed E-state index contributed by atoms with van der Waals surface area (Å²) in [4.78, 5) is 0.372. The molecular formula is C16H28N2O2S. The second-order valence-electron chi connectivity index (χ2n) is 6.30. The number of rotatable bonds is 7. The van der Waals surface area contributed by atoms with E-state index >= 15 is 0 Å². The first-order valence-corrected chi connectivity index (χ1v) is 8.88. The summed E-state index contributed by atoms with van der Waals surface area (Å²) >= 11 is 0. The van der Waals surface area contributed by atoms with Crippen molar-refractivity contribution in [2.45, 2.75) is 52.1 Å². The van der Waals surface area contributed by atoms with Crippen molar-refractivity contribution in [1.82, 2.24) is 9.62 Å². The molecule has 0 atom stereocenters. The summed E-state index contributed by atoms with van der Waals surface area (Å²) < 4.78 is 26.6. The SMILES string of the molecule is Cc1ccc(S(=O)(=O)N(C)CC(C)C)cc1CNC(C)C. The Bertz CT molecular complexity index is 566. The first kappa shape index (κ1) is 18.1. The van der Waals surface area contributed by atoms with Gasteiger partial charge in [0.15, 0.2) is 0 Å². The van der Waals surface area contributed by atoms with Crippen molar-refractivity contribution in [3.05, 3.63) is 29.3 Å². The van der Waals surface area contributed by atoms with Crippen LogP contribution < -0.4 is 5.32 Å². The normalized spacial score (nSPS) is 12.6. The quantitative estimate of drug-likeness (QED) is 0.842. The van der Waals surface area contributed by atoms with Crippen LogP contribution in [0.25, 0.3) is 0 Å². The van der Waals surface area contributed by atoms with Gasteiger partial charge in [-0.1, -0.05) is 33.8 Å². The van der Waals surface area contributed by atoms with Crippen LogP contribution in [0, 0.1) is 12.8 Å². The predicted octanol–water partition coefficient (Wildman–Crippen LogP) is 2.77. The van der Waals surface area contributed by atoms with E-state index in [1.54, 1.807) is 19.2 Å². The highest BCUT2D eigenvalue weighted by Crippen LogP contribution is 2.19. The molecular weight excluding hydrogens is 284 g/mol. The fourth-order valence-corrected chi connectivity index (χ4v) is 3.49. The van der Waals surface area contributed by atoms with Crippen LogP contribution in [0.2, 0.25) is 0 Å². The van der Waals surface area contributed by atoms with Gasteiger partial charge >= 0.3 is 0 Å². The lowest BCUT2D eigenvalue weighted by Gasteiger charge is -2.20. The van der Waals surface area contributed by atoms with Gasteiger partial charge in [-0.05, 0) is 36.1 Å². The summed E-state index contributed by atoms with van der Waals surface area (Å²) in [6, 6.07) is 5.73. The van der Waals surface area contributed by atoms with Gasteiger partial charge in [0, 0.05) is 26.2 Å². The maximum Gasteiger partial charge on any atom is 0.242 e. The van der Waals surface area contributed by atoms with Gasteiger partial charge in [-0.15, -0.1) is 0 Å². The molecule has 0 saturated carbocycles. The third-order valence-corrected chi connectivity index (χ3v) is 5.17. The summed E-state index contributed by atoms with van der Waals surface area (Å²) in [6.07, 6.45) is 0. The van der Waals surface area contributed by atoms with Crippen molar-refractivity contribution in [3.63, 3.8) is 0 Å². The molecule has 0 radical (unpaired) electrons. The smallest absolute Gasteiger partial charge is 0.242 e. The molecule has 0 aliphatic heterocycles. The summed E-state index contributed by atoms with van der Waals surface area (Å²) in [7, 11) is -1.77. The molecule has 0 heterocycles. The maximum atomic E-state index is 12.6. The lowest BCUT2D eigenvalue weighted by molar-refractivity contribution is 0.417. The van der Waals surface area contributed by atoms with Crippen LogP contribution in [-0.4, -0.2) is 32.4 Å². The van der Waals surface area contributed by atoms with Crippen molar-refractivity contribution in [2.75, 3.05) is 13.6 Å². The van der Waals surface area contributed by atoms with E-state index in [2.05, 4.69) is 19.2 Å². The number of hydrogen-bond acceptors (Lipinski definition) is 3. The summed E-state index contributed by atoms with van der Waals surface area (Å²) in [5.74, 6) is 0.303. The Balaban J connectivity index is 3.05. The number of nitrogens with zero attached hydrogens (tertiary/aromatic N) is 1. The second-order valence-corrected chi connectivity index (χ2v) is 8.35. The third kappa shape index (κ3) is 5.09. The van der Waals surface area contributed by atoms with Gasteiger partial charge in [0.1, 0.15) is 0 Å². The summed E-state index contributed by atoms with van der Waals surface area (Å²) in [5, 5.41) is 3.33. The molecule has 0 aliphatic carbocycles. The highest BCUT2D eigenvalue weighted by Gasteiger charge is 2.22. The molecule has 1 N–H and O–H groups in total. The minimum Gasteiger partial charge on any atom is -0.310 e. The minimum atomic E-state index is -3.41. The van der Waals surface area contributed by atoms with E-state index in [1.807, 2.05) is 26.8 Å². The molecule has 1 rings (SSSR count). The van der Waals surface area contributed by atoms with Gasteiger partial charge in [0.2, 0.25) is 10.0 Å². The molecule has 0 bridgehead atoms. The highest BCUT2D eigenvalue weighted by atomic mass is 32.2. The van der Waals surface area contributed by atoms with Crippen molar-refractivity contribution >= 4 is 10.0 Å². The van der Waals surface area contributed by atoms with E-state index < -0.39 is 10.0 Å². The average molecular weight is 312 g/mol. The number of sulfonamides is 1. The lowest BCUT2D eigenvalue weighted by Crippen LogP contribution is -2.30. The van der Waals surface area contributed by atoms with Gasteiger partial charge in [-0.25, -0.2) is 12.7 Å². The molecule has 0 spiro atoms. The van der Waals surface area contributed by atoms with E-state index in [0.29, 0.717) is 29.9 Å². The summed E-state index contributed by atoms with van der Waals surface area (Å²) in [6.45, 7) is 11.4. The standard InChI is InChI=1S/C16H28N2O2S/c1-12(2)11-18(6)21(19,20)16-8-7-14(5)15(9-16)10-17-13(3)4/h7-9,12-13,17H,10-11H2,1-6H3. The van der Waals surface area contributed by atoms with Gasteiger partial charge in [0.05, 0.1) is 4.90 Å². The Labute approximate surface area is 129 Å². The van der Waals surface area contributed by atoms with E-state index in [4.69, 9.17) is 0 Å². The molecule has 0 unspecified atom stereocenters. The molecule has 1 aromatic rings. The van der Waals surface area contributed by atoms with Crippen molar-refractivity contribution in [1.29, 1.82) is 0 Å². The second kappa shape index (κ2) is 7.38. The number of hydrogen-bond donors (Lipinski definition) is 1. The molecule has 0 aliphatic rings. The third-order valence-electron chi connectivity index (χ3n) is 3.35. The van der Waals surface area contributed by atoms with Crippen LogP contribution in [0.15, 0.2) is 23.1 Å². The Morgan fingerprint density at radius 2 is 1.81 bits per heavy atom. The molecule has 120 valence electrons. The molecule has 4 nitrogen and oxygen atoms in total. The fourth-order valence-electron chi connectivity index (χ4n) is 2.11. The van der Waals surface area contributed by atoms with Crippen molar-refractivity contribution in [2.24, 2.45) is 5.92 Å². The van der Waals surface area contributed by atoms with Crippen LogP contribution in [0.5, 0.6) is 0 Å². The molecule has 0 fully saturated rings. The highest BCUT2D eigenvalue weighted by molar-refractivity contribution is 7.89. The zero-order chi connectivity index (χ0) is 16.2. The molecule has 5 heteroatoms. The largest absolute Gasteiger partial charge is 0.310 e. The monoisotopic (exact) mass is 312 g/mol.